The van der Waals surface area contributed by atoms with Gasteiger partial charge in [-0.3, -0.25) is 4.68 Å². The van der Waals surface area contributed by atoms with E-state index in [1.54, 1.807) is 10.9 Å². The fraction of sp³-hybridized carbons (Fsp3) is 0.357. The molecule has 2 heterocycles. The average Bonchev–Trinajstić information content (AvgIpc) is 2.69. The van der Waals surface area contributed by atoms with Gasteiger partial charge in [-0.05, 0) is 6.07 Å². The lowest BCUT2D eigenvalue weighted by atomic mass is 10.2. The summed E-state index contributed by atoms with van der Waals surface area (Å²) in [4.78, 5) is 0. The molecular formula is C14H17N3O2. The lowest BCUT2D eigenvalue weighted by Gasteiger charge is -2.12. The van der Waals surface area contributed by atoms with E-state index < -0.39 is 0 Å². The van der Waals surface area contributed by atoms with Crippen LogP contribution >= 0.6 is 0 Å². The first-order valence-corrected chi connectivity index (χ1v) is 6.43. The van der Waals surface area contributed by atoms with Gasteiger partial charge in [0.05, 0.1) is 25.1 Å². The van der Waals surface area contributed by atoms with Gasteiger partial charge in [0, 0.05) is 31.8 Å². The zero-order valence-corrected chi connectivity index (χ0v) is 10.9. The van der Waals surface area contributed by atoms with Gasteiger partial charge in [0.2, 0.25) is 0 Å². The monoisotopic (exact) mass is 259 g/mol. The van der Waals surface area contributed by atoms with Crippen molar-refractivity contribution < 1.29 is 9.47 Å². The Hall–Kier alpha value is -2.17. The second kappa shape index (κ2) is 5.22. The van der Waals surface area contributed by atoms with Gasteiger partial charge < -0.3 is 14.8 Å². The minimum Gasteiger partial charge on any atom is -0.490 e. The molecule has 0 bridgehead atoms. The number of aromatic nitrogens is 2. The highest BCUT2D eigenvalue weighted by molar-refractivity contribution is 5.49. The second-order valence-corrected chi connectivity index (χ2v) is 4.55. The van der Waals surface area contributed by atoms with Crippen LogP contribution < -0.4 is 14.8 Å². The fourth-order valence-electron chi connectivity index (χ4n) is 2.10. The summed E-state index contributed by atoms with van der Waals surface area (Å²) >= 11 is 0. The lowest BCUT2D eigenvalue weighted by molar-refractivity contribution is 0.296. The molecule has 19 heavy (non-hydrogen) atoms. The summed E-state index contributed by atoms with van der Waals surface area (Å²) in [6, 6.07) is 6.00. The Morgan fingerprint density at radius 1 is 1.32 bits per heavy atom. The molecule has 0 saturated carbocycles. The van der Waals surface area contributed by atoms with Crippen molar-refractivity contribution >= 4 is 5.69 Å². The first-order chi connectivity index (χ1) is 9.33. The highest BCUT2D eigenvalue weighted by Crippen LogP contribution is 2.33. The predicted molar refractivity (Wildman–Crippen MR) is 72.6 cm³/mol. The third-order valence-electron chi connectivity index (χ3n) is 3.04. The van der Waals surface area contributed by atoms with E-state index >= 15 is 0 Å². The molecule has 1 aromatic heterocycles. The number of fused-ring (bicyclic) bond motifs is 1. The Balaban J connectivity index is 1.77. The van der Waals surface area contributed by atoms with E-state index in [4.69, 9.17) is 9.47 Å². The molecule has 1 aliphatic rings. The first-order valence-electron chi connectivity index (χ1n) is 6.43. The minimum absolute atomic E-state index is 0.693. The number of para-hydroxylation sites is 1. The van der Waals surface area contributed by atoms with Crippen LogP contribution in [0.25, 0.3) is 0 Å². The fourth-order valence-corrected chi connectivity index (χ4v) is 2.10. The number of anilines is 1. The molecule has 2 aromatic rings. The Labute approximate surface area is 112 Å². The van der Waals surface area contributed by atoms with E-state index in [9.17, 15) is 0 Å². The molecule has 5 heteroatoms. The molecule has 1 aromatic carbocycles. The third kappa shape index (κ3) is 2.65. The number of benzene rings is 1. The maximum atomic E-state index is 5.79. The van der Waals surface area contributed by atoms with Gasteiger partial charge in [0.15, 0.2) is 11.5 Å². The van der Waals surface area contributed by atoms with Gasteiger partial charge in [-0.1, -0.05) is 12.1 Å². The van der Waals surface area contributed by atoms with Crippen molar-refractivity contribution in [2.24, 2.45) is 7.05 Å². The van der Waals surface area contributed by atoms with E-state index in [0.29, 0.717) is 19.8 Å². The van der Waals surface area contributed by atoms with Crippen molar-refractivity contribution in [1.82, 2.24) is 9.78 Å². The Bertz CT molecular complexity index is 566. The summed E-state index contributed by atoms with van der Waals surface area (Å²) in [5.74, 6) is 1.69. The molecule has 0 spiro atoms. The number of nitrogens with one attached hydrogen (secondary N) is 1. The van der Waals surface area contributed by atoms with Gasteiger partial charge in [0.25, 0.3) is 0 Å². The molecule has 1 aliphatic heterocycles. The van der Waals surface area contributed by atoms with Gasteiger partial charge in [-0.2, -0.15) is 5.10 Å². The van der Waals surface area contributed by atoms with Crippen molar-refractivity contribution in [1.29, 1.82) is 0 Å². The summed E-state index contributed by atoms with van der Waals surface area (Å²) in [5, 5.41) is 7.46. The van der Waals surface area contributed by atoms with Crippen molar-refractivity contribution in [2.45, 2.75) is 13.0 Å². The van der Waals surface area contributed by atoms with E-state index in [0.717, 1.165) is 29.2 Å². The quantitative estimate of drug-likeness (QED) is 0.918. The maximum absolute atomic E-state index is 5.79. The number of aryl methyl sites for hydroxylation is 1. The van der Waals surface area contributed by atoms with Gasteiger partial charge in [-0.15, -0.1) is 0 Å². The molecule has 0 saturated heterocycles. The summed E-state index contributed by atoms with van der Waals surface area (Å²) in [6.07, 6.45) is 4.67. The average molecular weight is 259 g/mol. The van der Waals surface area contributed by atoms with Crippen molar-refractivity contribution in [3.63, 3.8) is 0 Å². The molecule has 1 N–H and O–H groups in total. The van der Waals surface area contributed by atoms with Crippen molar-refractivity contribution in [3.8, 4) is 11.5 Å². The Morgan fingerprint density at radius 2 is 2.21 bits per heavy atom. The maximum Gasteiger partial charge on any atom is 0.166 e. The lowest BCUT2D eigenvalue weighted by Crippen LogP contribution is -2.03. The third-order valence-corrected chi connectivity index (χ3v) is 3.04. The standard InChI is InChI=1S/C14H17N3O2/c1-17-10-12(9-16-17)15-8-11-4-2-5-13-14(11)19-7-3-6-18-13/h2,4-5,9-10,15H,3,6-8H2,1H3. The molecule has 0 aliphatic carbocycles. The molecule has 0 amide bonds. The van der Waals surface area contributed by atoms with Crippen LogP contribution in [0.2, 0.25) is 0 Å². The van der Waals surface area contributed by atoms with Crippen molar-refractivity contribution in [3.05, 3.63) is 36.2 Å². The zero-order chi connectivity index (χ0) is 13.1. The molecule has 0 atom stereocenters. The highest BCUT2D eigenvalue weighted by atomic mass is 16.5. The molecule has 100 valence electrons. The normalized spacial score (nSPS) is 13.9. The number of rotatable bonds is 3. The summed E-state index contributed by atoms with van der Waals surface area (Å²) in [6.45, 7) is 2.11. The van der Waals surface area contributed by atoms with Crippen LogP contribution in [0.1, 0.15) is 12.0 Å². The van der Waals surface area contributed by atoms with Gasteiger partial charge in [-0.25, -0.2) is 0 Å². The van der Waals surface area contributed by atoms with Crippen LogP contribution in [-0.2, 0) is 13.6 Å². The van der Waals surface area contributed by atoms with Crippen LogP contribution in [0.3, 0.4) is 0 Å². The molecular weight excluding hydrogens is 242 g/mol. The molecule has 0 fully saturated rings. The minimum atomic E-state index is 0.693. The van der Waals surface area contributed by atoms with Crippen LogP contribution in [0.4, 0.5) is 5.69 Å². The molecule has 0 radical (unpaired) electrons. The van der Waals surface area contributed by atoms with Crippen LogP contribution in [0.15, 0.2) is 30.6 Å². The summed E-state index contributed by atoms with van der Waals surface area (Å²) in [7, 11) is 1.90. The zero-order valence-electron chi connectivity index (χ0n) is 10.9. The van der Waals surface area contributed by atoms with Gasteiger partial charge >= 0.3 is 0 Å². The Kier molecular flexibility index (Phi) is 3.27. The molecule has 0 unspecified atom stereocenters. The SMILES string of the molecule is Cn1cc(NCc2cccc3c2OCCCO3)cn1. The number of ether oxygens (including phenoxy) is 2. The largest absolute Gasteiger partial charge is 0.490 e. The van der Waals surface area contributed by atoms with E-state index in [1.807, 2.05) is 25.4 Å². The topological polar surface area (TPSA) is 48.3 Å². The summed E-state index contributed by atoms with van der Waals surface area (Å²) < 4.78 is 13.2. The molecule has 3 rings (SSSR count). The van der Waals surface area contributed by atoms with Crippen LogP contribution in [0, 0.1) is 0 Å². The number of nitrogens with zero attached hydrogens (tertiary/aromatic N) is 2. The Morgan fingerprint density at radius 3 is 3.05 bits per heavy atom. The number of hydrogen-bond acceptors (Lipinski definition) is 4. The predicted octanol–water partition coefficient (Wildman–Crippen LogP) is 2.19. The summed E-state index contributed by atoms with van der Waals surface area (Å²) in [5.41, 5.74) is 2.10. The van der Waals surface area contributed by atoms with E-state index in [1.165, 1.54) is 0 Å². The number of hydrogen-bond donors (Lipinski definition) is 1. The van der Waals surface area contributed by atoms with Crippen LogP contribution in [0.5, 0.6) is 11.5 Å². The first kappa shape index (κ1) is 11.9. The second-order valence-electron chi connectivity index (χ2n) is 4.55. The van der Waals surface area contributed by atoms with Gasteiger partial charge in [0.1, 0.15) is 0 Å². The molecule has 5 nitrogen and oxygen atoms in total. The smallest absolute Gasteiger partial charge is 0.166 e. The van der Waals surface area contributed by atoms with E-state index in [-0.39, 0.29) is 0 Å². The van der Waals surface area contributed by atoms with Crippen molar-refractivity contribution in [2.75, 3.05) is 18.5 Å². The van der Waals surface area contributed by atoms with Crippen LogP contribution in [-0.4, -0.2) is 23.0 Å². The highest BCUT2D eigenvalue weighted by Gasteiger charge is 2.14. The van der Waals surface area contributed by atoms with E-state index in [2.05, 4.69) is 16.5 Å².